The van der Waals surface area contributed by atoms with E-state index in [1.807, 2.05) is 49.4 Å². The second kappa shape index (κ2) is 4.53. The van der Waals surface area contributed by atoms with Crippen molar-refractivity contribution in [1.82, 2.24) is 0 Å². The molecule has 0 aromatic heterocycles. The van der Waals surface area contributed by atoms with Crippen molar-refractivity contribution in [2.24, 2.45) is 0 Å². The largest absolute Gasteiger partial charge is 0.446 e. The summed E-state index contributed by atoms with van der Waals surface area (Å²) >= 11 is 1.53. The smallest absolute Gasteiger partial charge is 0.320 e. The van der Waals surface area contributed by atoms with Gasteiger partial charge in [-0.05, 0) is 18.6 Å². The Hall–Kier alpha value is -1.22. The fraction of sp³-hybridized carbons (Fsp3) is 0.250. The Labute approximate surface area is 93.3 Å². The number of benzene rings is 1. The number of esters is 1. The minimum absolute atomic E-state index is 0.0459. The lowest BCUT2D eigenvalue weighted by molar-refractivity contribution is -0.140. The van der Waals surface area contributed by atoms with Crippen LogP contribution in [0.1, 0.15) is 12.5 Å². The van der Waals surface area contributed by atoms with Gasteiger partial charge in [-0.25, -0.2) is 0 Å². The molecule has 1 aliphatic heterocycles. The van der Waals surface area contributed by atoms with Crippen molar-refractivity contribution < 1.29 is 9.53 Å². The van der Waals surface area contributed by atoms with Gasteiger partial charge in [-0.2, -0.15) is 0 Å². The molecule has 1 aromatic rings. The lowest BCUT2D eigenvalue weighted by Gasteiger charge is -2.00. The number of carbonyl (C=O) groups is 1. The van der Waals surface area contributed by atoms with E-state index in [1.54, 1.807) is 0 Å². The Kier molecular flexibility index (Phi) is 3.11. The van der Waals surface area contributed by atoms with Crippen molar-refractivity contribution in [2.45, 2.75) is 17.6 Å². The van der Waals surface area contributed by atoms with Gasteiger partial charge in [0.2, 0.25) is 0 Å². The van der Waals surface area contributed by atoms with Crippen molar-refractivity contribution in [3.05, 3.63) is 42.0 Å². The van der Waals surface area contributed by atoms with Crippen LogP contribution in [0.4, 0.5) is 0 Å². The second-order valence-corrected chi connectivity index (χ2v) is 4.80. The average molecular weight is 220 g/mol. The monoisotopic (exact) mass is 220 g/mol. The summed E-state index contributed by atoms with van der Waals surface area (Å²) in [4.78, 5) is 11.1. The Morgan fingerprint density at radius 2 is 2.07 bits per heavy atom. The van der Waals surface area contributed by atoms with Gasteiger partial charge in [-0.1, -0.05) is 48.2 Å². The fourth-order valence-electron chi connectivity index (χ4n) is 1.33. The molecular formula is C12H12O2S. The zero-order chi connectivity index (χ0) is 10.7. The molecule has 1 heterocycles. The average Bonchev–Trinajstić information content (AvgIpc) is 2.57. The first-order chi connectivity index (χ1) is 7.25. The third-order valence-corrected chi connectivity index (χ3v) is 3.27. The van der Waals surface area contributed by atoms with E-state index < -0.39 is 0 Å². The molecule has 1 aromatic carbocycles. The normalized spacial score (nSPS) is 25.8. The van der Waals surface area contributed by atoms with E-state index in [2.05, 4.69) is 0 Å². The first-order valence-corrected chi connectivity index (χ1v) is 5.79. The van der Waals surface area contributed by atoms with E-state index in [0.717, 1.165) is 5.56 Å². The van der Waals surface area contributed by atoms with Gasteiger partial charge in [0.1, 0.15) is 5.25 Å². The van der Waals surface area contributed by atoms with Crippen LogP contribution in [0.2, 0.25) is 0 Å². The number of hydrogen-bond donors (Lipinski definition) is 0. The van der Waals surface area contributed by atoms with Crippen molar-refractivity contribution in [2.75, 3.05) is 0 Å². The first kappa shape index (κ1) is 10.3. The van der Waals surface area contributed by atoms with E-state index in [0.29, 0.717) is 0 Å². The van der Waals surface area contributed by atoms with Gasteiger partial charge in [0.15, 0.2) is 5.44 Å². The molecule has 0 aliphatic carbocycles. The number of thioether (sulfide) groups is 1. The highest BCUT2D eigenvalue weighted by molar-refractivity contribution is 8.01. The predicted octanol–water partition coefficient (Wildman–Crippen LogP) is 2.70. The SMILES string of the molecule is CC1SC(C=Cc2ccccc2)OC1=O. The number of hydrogen-bond acceptors (Lipinski definition) is 3. The van der Waals surface area contributed by atoms with E-state index >= 15 is 0 Å². The zero-order valence-electron chi connectivity index (χ0n) is 8.42. The molecule has 0 amide bonds. The van der Waals surface area contributed by atoms with E-state index in [-0.39, 0.29) is 16.7 Å². The zero-order valence-corrected chi connectivity index (χ0v) is 9.24. The highest BCUT2D eigenvalue weighted by atomic mass is 32.2. The molecule has 0 radical (unpaired) electrons. The van der Waals surface area contributed by atoms with Crippen molar-refractivity contribution in [3.63, 3.8) is 0 Å². The van der Waals surface area contributed by atoms with Gasteiger partial charge in [0.25, 0.3) is 0 Å². The van der Waals surface area contributed by atoms with Crippen LogP contribution in [0.25, 0.3) is 6.08 Å². The van der Waals surface area contributed by atoms with Gasteiger partial charge < -0.3 is 4.74 Å². The summed E-state index contributed by atoms with van der Waals surface area (Å²) in [6.45, 7) is 1.86. The maximum atomic E-state index is 11.1. The maximum Gasteiger partial charge on any atom is 0.320 e. The fourth-order valence-corrected chi connectivity index (χ4v) is 2.22. The number of carbonyl (C=O) groups excluding carboxylic acids is 1. The topological polar surface area (TPSA) is 26.3 Å². The highest BCUT2D eigenvalue weighted by Crippen LogP contribution is 2.29. The molecule has 2 atom stereocenters. The highest BCUT2D eigenvalue weighted by Gasteiger charge is 2.29. The predicted molar refractivity (Wildman–Crippen MR) is 62.4 cm³/mol. The van der Waals surface area contributed by atoms with E-state index in [1.165, 1.54) is 11.8 Å². The van der Waals surface area contributed by atoms with E-state index in [9.17, 15) is 4.79 Å². The third kappa shape index (κ3) is 2.63. The van der Waals surface area contributed by atoms with Gasteiger partial charge in [0.05, 0.1) is 0 Å². The van der Waals surface area contributed by atoms with Gasteiger partial charge in [-0.15, -0.1) is 0 Å². The van der Waals surface area contributed by atoms with Crippen molar-refractivity contribution in [3.8, 4) is 0 Å². The quantitative estimate of drug-likeness (QED) is 0.717. The first-order valence-electron chi connectivity index (χ1n) is 4.85. The molecule has 2 unspecified atom stereocenters. The number of cyclic esters (lactones) is 1. The molecule has 2 rings (SSSR count). The van der Waals surface area contributed by atoms with Crippen LogP contribution in [0, 0.1) is 0 Å². The van der Waals surface area contributed by atoms with Crippen LogP contribution in [0.5, 0.6) is 0 Å². The number of ether oxygens (including phenoxy) is 1. The van der Waals surface area contributed by atoms with Crippen LogP contribution in [-0.4, -0.2) is 16.7 Å². The molecule has 1 saturated heterocycles. The summed E-state index contributed by atoms with van der Waals surface area (Å²) in [5, 5.41) is -0.0459. The third-order valence-electron chi connectivity index (χ3n) is 2.15. The molecule has 0 spiro atoms. The Balaban J connectivity index is 1.99. The Morgan fingerprint density at radius 3 is 2.67 bits per heavy atom. The molecule has 1 fully saturated rings. The van der Waals surface area contributed by atoms with Crippen LogP contribution in [-0.2, 0) is 9.53 Å². The van der Waals surface area contributed by atoms with Gasteiger partial charge >= 0.3 is 5.97 Å². The van der Waals surface area contributed by atoms with Crippen LogP contribution >= 0.6 is 11.8 Å². The lowest BCUT2D eigenvalue weighted by Crippen LogP contribution is -2.06. The minimum Gasteiger partial charge on any atom is -0.446 e. The molecule has 0 saturated carbocycles. The summed E-state index contributed by atoms with van der Waals surface area (Å²) in [5.41, 5.74) is 0.987. The van der Waals surface area contributed by atoms with Crippen LogP contribution in [0.3, 0.4) is 0 Å². The molecule has 78 valence electrons. The van der Waals surface area contributed by atoms with Gasteiger partial charge in [-0.3, -0.25) is 4.79 Å². The molecule has 0 N–H and O–H groups in total. The van der Waals surface area contributed by atoms with Crippen LogP contribution in [0.15, 0.2) is 36.4 Å². The lowest BCUT2D eigenvalue weighted by atomic mass is 10.2. The maximum absolute atomic E-state index is 11.1. The van der Waals surface area contributed by atoms with Crippen LogP contribution < -0.4 is 0 Å². The second-order valence-electron chi connectivity index (χ2n) is 3.35. The Morgan fingerprint density at radius 1 is 1.33 bits per heavy atom. The molecule has 15 heavy (non-hydrogen) atoms. The summed E-state index contributed by atoms with van der Waals surface area (Å²) in [6.07, 6.45) is 3.89. The van der Waals surface area contributed by atoms with Crippen molar-refractivity contribution in [1.29, 1.82) is 0 Å². The minimum atomic E-state index is -0.132. The molecule has 1 aliphatic rings. The Bertz CT molecular complexity index is 372. The summed E-state index contributed by atoms with van der Waals surface area (Å²) in [6, 6.07) is 9.97. The summed E-state index contributed by atoms with van der Waals surface area (Å²) in [5.74, 6) is -0.122. The molecule has 3 heteroatoms. The molecule has 2 nitrogen and oxygen atoms in total. The summed E-state index contributed by atoms with van der Waals surface area (Å²) in [7, 11) is 0. The van der Waals surface area contributed by atoms with Crippen molar-refractivity contribution >= 4 is 23.8 Å². The summed E-state index contributed by atoms with van der Waals surface area (Å²) < 4.78 is 5.13. The van der Waals surface area contributed by atoms with E-state index in [4.69, 9.17) is 4.74 Å². The molecule has 0 bridgehead atoms. The van der Waals surface area contributed by atoms with Gasteiger partial charge in [0, 0.05) is 0 Å². The standard InChI is InChI=1S/C12H12O2S/c1-9-12(13)14-11(15-9)8-7-10-5-3-2-4-6-10/h2-9,11H,1H3. The molecular weight excluding hydrogens is 208 g/mol. The number of rotatable bonds is 2.